The lowest BCUT2D eigenvalue weighted by Gasteiger charge is -2.30. The van der Waals surface area contributed by atoms with E-state index >= 15 is 0 Å². The first kappa shape index (κ1) is 17.6. The maximum Gasteiger partial charge on any atom is 0.416 e. The zero-order valence-electron chi connectivity index (χ0n) is 12.6. The Kier molecular flexibility index (Phi) is 5.41. The smallest absolute Gasteiger partial charge is 0.310 e. The maximum atomic E-state index is 12.6. The van der Waals surface area contributed by atoms with Crippen LogP contribution in [-0.2, 0) is 6.18 Å². The Bertz CT molecular complexity index is 489. The van der Waals surface area contributed by atoms with E-state index in [-0.39, 0.29) is 18.4 Å². The molecular formula is C16H22ClF3N2. The molecule has 2 heterocycles. The monoisotopic (exact) mass is 334 g/mol. The largest absolute Gasteiger partial charge is 0.416 e. The fourth-order valence-corrected chi connectivity index (χ4v) is 3.48. The van der Waals surface area contributed by atoms with Gasteiger partial charge in [0.25, 0.3) is 0 Å². The molecule has 0 amide bonds. The van der Waals surface area contributed by atoms with Crippen LogP contribution in [0.3, 0.4) is 0 Å². The molecule has 2 saturated heterocycles. The molecule has 2 nitrogen and oxygen atoms in total. The van der Waals surface area contributed by atoms with E-state index in [9.17, 15) is 13.2 Å². The highest BCUT2D eigenvalue weighted by Gasteiger charge is 2.32. The van der Waals surface area contributed by atoms with Gasteiger partial charge >= 0.3 is 6.18 Å². The molecule has 1 aromatic carbocycles. The number of nitrogens with zero attached hydrogens (tertiary/aromatic N) is 1. The van der Waals surface area contributed by atoms with Gasteiger partial charge in [-0.05, 0) is 43.9 Å². The molecule has 0 saturated carbocycles. The molecule has 124 valence electrons. The van der Waals surface area contributed by atoms with Crippen LogP contribution in [0, 0.1) is 0 Å². The molecule has 22 heavy (non-hydrogen) atoms. The van der Waals surface area contributed by atoms with E-state index in [0.29, 0.717) is 12.1 Å². The fourth-order valence-electron chi connectivity index (χ4n) is 3.48. The van der Waals surface area contributed by atoms with Crippen molar-refractivity contribution >= 4 is 12.4 Å². The van der Waals surface area contributed by atoms with Crippen LogP contribution in [0.2, 0.25) is 0 Å². The number of halogens is 4. The van der Waals surface area contributed by atoms with Crippen molar-refractivity contribution in [2.24, 2.45) is 0 Å². The maximum absolute atomic E-state index is 12.6. The molecule has 0 spiro atoms. The van der Waals surface area contributed by atoms with Crippen molar-refractivity contribution in [1.29, 1.82) is 0 Å². The fraction of sp³-hybridized carbons (Fsp3) is 0.625. The van der Waals surface area contributed by atoms with E-state index in [0.717, 1.165) is 25.1 Å². The number of rotatable bonds is 2. The van der Waals surface area contributed by atoms with Crippen LogP contribution in [0.25, 0.3) is 0 Å². The molecule has 2 fully saturated rings. The third-order valence-electron chi connectivity index (χ3n) is 4.82. The predicted octanol–water partition coefficient (Wildman–Crippen LogP) is 4.01. The van der Waals surface area contributed by atoms with Gasteiger partial charge in [0.05, 0.1) is 5.56 Å². The molecule has 0 aromatic heterocycles. The van der Waals surface area contributed by atoms with Gasteiger partial charge in [-0.1, -0.05) is 12.1 Å². The third-order valence-corrected chi connectivity index (χ3v) is 4.82. The lowest BCUT2D eigenvalue weighted by Crippen LogP contribution is -2.36. The van der Waals surface area contributed by atoms with E-state index < -0.39 is 11.7 Å². The zero-order chi connectivity index (χ0) is 15.0. The molecule has 3 rings (SSSR count). The summed E-state index contributed by atoms with van der Waals surface area (Å²) in [5.41, 5.74) is 0.385. The van der Waals surface area contributed by atoms with Crippen LogP contribution in [-0.4, -0.2) is 30.1 Å². The van der Waals surface area contributed by atoms with Crippen LogP contribution in [0.4, 0.5) is 13.2 Å². The Hall–Kier alpha value is -0.780. The highest BCUT2D eigenvalue weighted by atomic mass is 35.5. The van der Waals surface area contributed by atoms with E-state index in [1.165, 1.54) is 25.0 Å². The quantitative estimate of drug-likeness (QED) is 0.879. The summed E-state index contributed by atoms with van der Waals surface area (Å²) in [6.07, 6.45) is -0.664. The van der Waals surface area contributed by atoms with Crippen LogP contribution in [0.15, 0.2) is 24.3 Å². The minimum Gasteiger partial charge on any atom is -0.310 e. The highest BCUT2D eigenvalue weighted by Crippen LogP contribution is 2.32. The SMILES string of the molecule is CC(c1ccc(C(F)(F)F)cc1)N1CCC2CCC(C1)N2.Cl. The second-order valence-corrected chi connectivity index (χ2v) is 6.22. The Morgan fingerprint density at radius 2 is 1.73 bits per heavy atom. The molecule has 6 heteroatoms. The molecule has 1 N–H and O–H groups in total. The number of benzene rings is 1. The Morgan fingerprint density at radius 1 is 1.09 bits per heavy atom. The van der Waals surface area contributed by atoms with E-state index in [2.05, 4.69) is 17.1 Å². The van der Waals surface area contributed by atoms with Crippen molar-refractivity contribution in [2.75, 3.05) is 13.1 Å². The average molecular weight is 335 g/mol. The second kappa shape index (κ2) is 6.77. The Labute approximate surface area is 135 Å². The minimum atomic E-state index is -4.26. The molecule has 2 aliphatic heterocycles. The van der Waals surface area contributed by atoms with Gasteiger partial charge in [-0.2, -0.15) is 13.2 Å². The lowest BCUT2D eigenvalue weighted by atomic mass is 10.0. The molecule has 2 bridgehead atoms. The van der Waals surface area contributed by atoms with Gasteiger partial charge in [-0.15, -0.1) is 12.4 Å². The first-order valence-corrected chi connectivity index (χ1v) is 7.61. The van der Waals surface area contributed by atoms with E-state index in [1.54, 1.807) is 12.1 Å². The van der Waals surface area contributed by atoms with Crippen LogP contribution < -0.4 is 5.32 Å². The van der Waals surface area contributed by atoms with E-state index in [1.807, 2.05) is 0 Å². The predicted molar refractivity (Wildman–Crippen MR) is 83.2 cm³/mol. The molecule has 1 aromatic rings. The Balaban J connectivity index is 0.00000176. The van der Waals surface area contributed by atoms with Crippen molar-refractivity contribution < 1.29 is 13.2 Å². The minimum absolute atomic E-state index is 0. The summed E-state index contributed by atoms with van der Waals surface area (Å²) < 4.78 is 37.8. The summed E-state index contributed by atoms with van der Waals surface area (Å²) in [7, 11) is 0. The van der Waals surface area contributed by atoms with Crippen LogP contribution in [0.5, 0.6) is 0 Å². The van der Waals surface area contributed by atoms with Crippen molar-refractivity contribution in [2.45, 2.75) is 50.5 Å². The summed E-state index contributed by atoms with van der Waals surface area (Å²) in [6.45, 7) is 4.08. The van der Waals surface area contributed by atoms with Crippen molar-refractivity contribution in [3.8, 4) is 0 Å². The van der Waals surface area contributed by atoms with Crippen LogP contribution >= 0.6 is 12.4 Å². The normalized spacial score (nSPS) is 27.1. The number of fused-ring (bicyclic) bond motifs is 2. The van der Waals surface area contributed by atoms with Gasteiger partial charge in [0.2, 0.25) is 0 Å². The summed E-state index contributed by atoms with van der Waals surface area (Å²) in [4.78, 5) is 2.39. The number of alkyl halides is 3. The summed E-state index contributed by atoms with van der Waals surface area (Å²) >= 11 is 0. The second-order valence-electron chi connectivity index (χ2n) is 6.22. The van der Waals surface area contributed by atoms with Gasteiger partial charge in [0, 0.05) is 31.2 Å². The summed E-state index contributed by atoms with van der Waals surface area (Å²) in [5, 5.41) is 3.63. The van der Waals surface area contributed by atoms with E-state index in [4.69, 9.17) is 0 Å². The Morgan fingerprint density at radius 3 is 2.36 bits per heavy atom. The summed E-state index contributed by atoms with van der Waals surface area (Å²) in [6, 6.07) is 6.93. The molecule has 3 unspecified atom stereocenters. The zero-order valence-corrected chi connectivity index (χ0v) is 13.4. The van der Waals surface area contributed by atoms with Crippen molar-refractivity contribution in [3.63, 3.8) is 0 Å². The first-order chi connectivity index (χ1) is 9.93. The number of likely N-dealkylation sites (tertiary alicyclic amines) is 1. The molecule has 0 radical (unpaired) electrons. The molecule has 2 aliphatic rings. The number of hydrogen-bond donors (Lipinski definition) is 1. The lowest BCUT2D eigenvalue weighted by molar-refractivity contribution is -0.137. The van der Waals surface area contributed by atoms with Gasteiger partial charge in [-0.3, -0.25) is 4.90 Å². The highest BCUT2D eigenvalue weighted by molar-refractivity contribution is 5.85. The average Bonchev–Trinajstić information content (AvgIpc) is 2.77. The molecular weight excluding hydrogens is 313 g/mol. The first-order valence-electron chi connectivity index (χ1n) is 7.61. The van der Waals surface area contributed by atoms with Crippen molar-refractivity contribution in [3.05, 3.63) is 35.4 Å². The molecule has 0 aliphatic carbocycles. The third kappa shape index (κ3) is 3.76. The van der Waals surface area contributed by atoms with Crippen molar-refractivity contribution in [1.82, 2.24) is 10.2 Å². The van der Waals surface area contributed by atoms with Gasteiger partial charge in [0.15, 0.2) is 0 Å². The van der Waals surface area contributed by atoms with Gasteiger partial charge in [0.1, 0.15) is 0 Å². The van der Waals surface area contributed by atoms with Crippen LogP contribution in [0.1, 0.15) is 43.4 Å². The molecule has 3 atom stereocenters. The topological polar surface area (TPSA) is 15.3 Å². The van der Waals surface area contributed by atoms with Gasteiger partial charge in [-0.25, -0.2) is 0 Å². The number of hydrogen-bond acceptors (Lipinski definition) is 2. The standard InChI is InChI=1S/C16H21F3N2.ClH/c1-11(12-2-4-13(5-3-12)16(17,18)19)21-9-8-14-6-7-15(10-21)20-14;/h2-5,11,14-15,20H,6-10H2,1H3;1H. The number of nitrogens with one attached hydrogen (secondary N) is 1. The summed E-state index contributed by atoms with van der Waals surface area (Å²) in [5.74, 6) is 0. The van der Waals surface area contributed by atoms with Gasteiger partial charge < -0.3 is 5.32 Å².